The molecule has 0 bridgehead atoms. The Morgan fingerprint density at radius 1 is 1.59 bits per heavy atom. The Bertz CT molecular complexity index is 513. The van der Waals surface area contributed by atoms with Gasteiger partial charge in [0.15, 0.2) is 11.1 Å². The van der Waals surface area contributed by atoms with E-state index in [0.29, 0.717) is 37.4 Å². The molecule has 8 heteroatoms. The van der Waals surface area contributed by atoms with Gasteiger partial charge in [-0.2, -0.15) is 0 Å². The van der Waals surface area contributed by atoms with Crippen molar-refractivity contribution in [2.45, 2.75) is 20.3 Å². The predicted molar refractivity (Wildman–Crippen MR) is 91.1 cm³/mol. The number of aromatic nitrogens is 1. The molecule has 0 saturated heterocycles. The molecular formula is C14H23N5O2S. The number of guanidine groups is 1. The second kappa shape index (κ2) is 10.7. The van der Waals surface area contributed by atoms with Crippen LogP contribution in [0.15, 0.2) is 16.4 Å². The van der Waals surface area contributed by atoms with Gasteiger partial charge in [-0.25, -0.2) is 4.98 Å². The topological polar surface area (TPSA) is 102 Å². The van der Waals surface area contributed by atoms with Crippen molar-refractivity contribution in [3.8, 4) is 0 Å². The van der Waals surface area contributed by atoms with E-state index in [1.54, 1.807) is 0 Å². The Hall–Kier alpha value is -1.93. The quantitative estimate of drug-likeness (QED) is 0.362. The molecule has 0 fully saturated rings. The summed E-state index contributed by atoms with van der Waals surface area (Å²) in [5.74, 6) is 0.308. The van der Waals surface area contributed by atoms with E-state index in [-0.39, 0.29) is 5.91 Å². The molecule has 1 amide bonds. The summed E-state index contributed by atoms with van der Waals surface area (Å²) in [7, 11) is 0. The number of nitrogens with one attached hydrogen (secondary N) is 2. The highest BCUT2D eigenvalue weighted by Gasteiger charge is 2.00. The van der Waals surface area contributed by atoms with Crippen molar-refractivity contribution < 1.29 is 9.53 Å². The molecule has 1 aromatic heterocycles. The second-order valence-corrected chi connectivity index (χ2v) is 5.20. The lowest BCUT2D eigenvalue weighted by Gasteiger charge is -2.01. The lowest BCUT2D eigenvalue weighted by Crippen LogP contribution is -2.23. The van der Waals surface area contributed by atoms with E-state index in [0.717, 1.165) is 12.1 Å². The minimum absolute atomic E-state index is 0.0207. The molecule has 22 heavy (non-hydrogen) atoms. The molecule has 0 aromatic carbocycles. The molecule has 0 atom stereocenters. The second-order valence-electron chi connectivity index (χ2n) is 4.34. The lowest BCUT2D eigenvalue weighted by molar-refractivity contribution is -0.118. The summed E-state index contributed by atoms with van der Waals surface area (Å²) < 4.78 is 5.18. The Labute approximate surface area is 134 Å². The largest absolute Gasteiger partial charge is 0.380 e. The van der Waals surface area contributed by atoms with Crippen LogP contribution in [0.3, 0.4) is 0 Å². The number of hydrogen-bond acceptors (Lipinski definition) is 5. The van der Waals surface area contributed by atoms with Crippen LogP contribution < -0.4 is 16.4 Å². The Kier molecular flexibility index (Phi) is 8.85. The van der Waals surface area contributed by atoms with Gasteiger partial charge < -0.3 is 21.1 Å². The number of hydrogen-bond donors (Lipinski definition) is 3. The third-order valence-electron chi connectivity index (χ3n) is 2.45. The van der Waals surface area contributed by atoms with Gasteiger partial charge in [0, 0.05) is 25.5 Å². The third kappa shape index (κ3) is 8.38. The zero-order chi connectivity index (χ0) is 16.2. The summed E-state index contributed by atoms with van der Waals surface area (Å²) in [5.41, 5.74) is 6.60. The van der Waals surface area contributed by atoms with Crippen LogP contribution in [-0.4, -0.2) is 43.2 Å². The fourth-order valence-corrected chi connectivity index (χ4v) is 2.17. The summed E-state index contributed by atoms with van der Waals surface area (Å²) in [6, 6.07) is 0. The number of aliphatic imine (C=N–C) groups is 1. The van der Waals surface area contributed by atoms with Gasteiger partial charge in [0.05, 0.1) is 18.8 Å². The number of thiazole rings is 1. The van der Waals surface area contributed by atoms with Crippen molar-refractivity contribution in [1.29, 1.82) is 0 Å². The first kappa shape index (κ1) is 18.1. The normalized spacial score (nSPS) is 11.8. The van der Waals surface area contributed by atoms with E-state index in [2.05, 4.69) is 20.6 Å². The van der Waals surface area contributed by atoms with Crippen molar-refractivity contribution in [2.75, 3.05) is 31.6 Å². The highest BCUT2D eigenvalue weighted by Crippen LogP contribution is 2.16. The molecule has 122 valence electrons. The maximum Gasteiger partial charge on any atom is 0.216 e. The summed E-state index contributed by atoms with van der Waals surface area (Å²) in [6.07, 6.45) is 4.64. The molecule has 0 unspecified atom stereocenters. The Balaban J connectivity index is 2.34. The molecular weight excluding hydrogens is 302 g/mol. The van der Waals surface area contributed by atoms with Gasteiger partial charge in [0.25, 0.3) is 0 Å². The van der Waals surface area contributed by atoms with Crippen LogP contribution in [0.2, 0.25) is 0 Å². The van der Waals surface area contributed by atoms with Gasteiger partial charge in [-0.3, -0.25) is 9.79 Å². The number of carbonyl (C=O) groups excluding carboxylic acids is 1. The van der Waals surface area contributed by atoms with E-state index in [9.17, 15) is 4.79 Å². The number of ether oxygens (including phenoxy) is 1. The van der Waals surface area contributed by atoms with E-state index >= 15 is 0 Å². The zero-order valence-corrected chi connectivity index (χ0v) is 13.8. The van der Waals surface area contributed by atoms with Crippen molar-refractivity contribution in [3.63, 3.8) is 0 Å². The van der Waals surface area contributed by atoms with Crippen LogP contribution in [0.4, 0.5) is 5.13 Å². The third-order valence-corrected chi connectivity index (χ3v) is 3.23. The van der Waals surface area contributed by atoms with Crippen molar-refractivity contribution in [1.82, 2.24) is 10.3 Å². The average molecular weight is 325 g/mol. The molecule has 0 aliphatic rings. The van der Waals surface area contributed by atoms with Crippen LogP contribution in [0.5, 0.6) is 0 Å². The van der Waals surface area contributed by atoms with E-state index in [4.69, 9.17) is 10.5 Å². The maximum atomic E-state index is 10.7. The van der Waals surface area contributed by atoms with Gasteiger partial charge in [0.1, 0.15) is 0 Å². The standard InChI is InChI=1S/C14H23N5O2S/c1-3-21-9-8-17-13(15)19-14-18-12(10-22-14)6-4-5-7-16-11(2)20/h4,6,10H,3,5,7-9H2,1-2H3,(H,16,20)(H3,15,17,18,19). The molecule has 1 heterocycles. The summed E-state index contributed by atoms with van der Waals surface area (Å²) in [5, 5.41) is 8.29. The van der Waals surface area contributed by atoms with Crippen LogP contribution in [0, 0.1) is 0 Å². The molecule has 1 aromatic rings. The molecule has 0 spiro atoms. The van der Waals surface area contributed by atoms with E-state index < -0.39 is 0 Å². The molecule has 0 aliphatic heterocycles. The molecule has 0 aliphatic carbocycles. The number of carbonyl (C=O) groups is 1. The Morgan fingerprint density at radius 2 is 2.41 bits per heavy atom. The SMILES string of the molecule is CCOCCN=C(N)Nc1nc(C=CCCNC(C)=O)cs1. The van der Waals surface area contributed by atoms with Crippen molar-refractivity contribution >= 4 is 34.4 Å². The number of anilines is 1. The van der Waals surface area contributed by atoms with Gasteiger partial charge in [-0.05, 0) is 19.4 Å². The monoisotopic (exact) mass is 325 g/mol. The zero-order valence-electron chi connectivity index (χ0n) is 13.0. The molecule has 7 nitrogen and oxygen atoms in total. The summed E-state index contributed by atoms with van der Waals surface area (Å²) >= 11 is 1.45. The van der Waals surface area contributed by atoms with Gasteiger partial charge in [-0.15, -0.1) is 11.3 Å². The number of rotatable bonds is 9. The fraction of sp³-hybridized carbons (Fsp3) is 0.500. The Morgan fingerprint density at radius 3 is 3.14 bits per heavy atom. The summed E-state index contributed by atoms with van der Waals surface area (Å²) in [4.78, 5) is 19.2. The number of nitrogens with two attached hydrogens (primary N) is 1. The first-order chi connectivity index (χ1) is 10.6. The number of nitrogens with zero attached hydrogens (tertiary/aromatic N) is 2. The van der Waals surface area contributed by atoms with Gasteiger partial charge in [-0.1, -0.05) is 6.08 Å². The number of amides is 1. The summed E-state index contributed by atoms with van der Waals surface area (Å²) in [6.45, 7) is 5.81. The van der Waals surface area contributed by atoms with Crippen LogP contribution in [-0.2, 0) is 9.53 Å². The van der Waals surface area contributed by atoms with Gasteiger partial charge >= 0.3 is 0 Å². The van der Waals surface area contributed by atoms with Crippen molar-refractivity contribution in [3.05, 3.63) is 17.2 Å². The van der Waals surface area contributed by atoms with Crippen LogP contribution >= 0.6 is 11.3 Å². The van der Waals surface area contributed by atoms with E-state index in [1.165, 1.54) is 18.3 Å². The smallest absolute Gasteiger partial charge is 0.216 e. The lowest BCUT2D eigenvalue weighted by atomic mass is 10.3. The van der Waals surface area contributed by atoms with Crippen LogP contribution in [0.25, 0.3) is 6.08 Å². The van der Waals surface area contributed by atoms with E-state index in [1.807, 2.05) is 24.5 Å². The maximum absolute atomic E-state index is 10.7. The predicted octanol–water partition coefficient (Wildman–Crippen LogP) is 1.45. The first-order valence-electron chi connectivity index (χ1n) is 7.13. The van der Waals surface area contributed by atoms with Crippen molar-refractivity contribution in [2.24, 2.45) is 10.7 Å². The molecule has 1 rings (SSSR count). The van der Waals surface area contributed by atoms with Gasteiger partial charge in [0.2, 0.25) is 5.91 Å². The molecule has 4 N–H and O–H groups in total. The molecule has 0 saturated carbocycles. The highest BCUT2D eigenvalue weighted by atomic mass is 32.1. The highest BCUT2D eigenvalue weighted by molar-refractivity contribution is 7.14. The van der Waals surface area contributed by atoms with Crippen LogP contribution in [0.1, 0.15) is 26.0 Å². The molecule has 0 radical (unpaired) electrons. The first-order valence-corrected chi connectivity index (χ1v) is 8.01. The minimum atomic E-state index is -0.0207. The fourth-order valence-electron chi connectivity index (χ4n) is 1.48. The minimum Gasteiger partial charge on any atom is -0.380 e. The average Bonchev–Trinajstić information content (AvgIpc) is 2.90.